The standard InChI is InChI=1S/C22H21ClN2O5S/c1-27-19-10-14(11-20(28-2)21(19)29-3)12-24-25-22(26)18-9-6-16(30-18)13-31-17-7-4-15(23)5-8-17/h4-12H,13H2,1-3H3,(H,25,26)/b24-12-. The van der Waals surface area contributed by atoms with Crippen LogP contribution in [0.2, 0.25) is 5.02 Å². The van der Waals surface area contributed by atoms with Gasteiger partial charge in [0.1, 0.15) is 5.76 Å². The Morgan fingerprint density at radius 3 is 2.35 bits per heavy atom. The molecule has 0 atom stereocenters. The highest BCUT2D eigenvalue weighted by Crippen LogP contribution is 2.37. The van der Waals surface area contributed by atoms with E-state index >= 15 is 0 Å². The van der Waals surface area contributed by atoms with Gasteiger partial charge in [-0.3, -0.25) is 4.79 Å². The molecule has 1 heterocycles. The second-order valence-electron chi connectivity index (χ2n) is 6.17. The van der Waals surface area contributed by atoms with Crippen molar-refractivity contribution in [2.45, 2.75) is 10.6 Å². The molecule has 0 aliphatic rings. The molecule has 3 rings (SSSR count). The summed E-state index contributed by atoms with van der Waals surface area (Å²) in [6.07, 6.45) is 1.47. The third-order valence-electron chi connectivity index (χ3n) is 4.15. The highest BCUT2D eigenvalue weighted by atomic mass is 35.5. The van der Waals surface area contributed by atoms with E-state index in [1.807, 2.05) is 24.3 Å². The molecule has 1 amide bonds. The molecule has 0 fully saturated rings. The number of hydrogen-bond acceptors (Lipinski definition) is 7. The quantitative estimate of drug-likeness (QED) is 0.274. The number of ether oxygens (including phenoxy) is 3. The van der Waals surface area contributed by atoms with Gasteiger partial charge in [-0.1, -0.05) is 11.6 Å². The van der Waals surface area contributed by atoms with Crippen LogP contribution in [0.25, 0.3) is 0 Å². The highest BCUT2D eigenvalue weighted by Gasteiger charge is 2.13. The number of carbonyl (C=O) groups excluding carboxylic acids is 1. The predicted molar refractivity (Wildman–Crippen MR) is 121 cm³/mol. The van der Waals surface area contributed by atoms with E-state index in [1.54, 1.807) is 36.0 Å². The molecule has 31 heavy (non-hydrogen) atoms. The van der Waals surface area contributed by atoms with Gasteiger partial charge in [-0.25, -0.2) is 5.43 Å². The van der Waals surface area contributed by atoms with E-state index in [-0.39, 0.29) is 5.76 Å². The van der Waals surface area contributed by atoms with E-state index in [0.29, 0.717) is 39.3 Å². The van der Waals surface area contributed by atoms with Gasteiger partial charge in [-0.2, -0.15) is 5.10 Å². The van der Waals surface area contributed by atoms with Gasteiger partial charge in [-0.05, 0) is 48.5 Å². The monoisotopic (exact) mass is 460 g/mol. The lowest BCUT2D eigenvalue weighted by molar-refractivity contribution is 0.0926. The number of halogens is 1. The van der Waals surface area contributed by atoms with Crippen LogP contribution in [0, 0.1) is 0 Å². The van der Waals surface area contributed by atoms with Gasteiger partial charge in [0.2, 0.25) is 5.75 Å². The van der Waals surface area contributed by atoms with Crippen LogP contribution in [-0.4, -0.2) is 33.5 Å². The van der Waals surface area contributed by atoms with Crippen molar-refractivity contribution in [1.82, 2.24) is 5.43 Å². The number of furan rings is 1. The first kappa shape index (κ1) is 22.6. The highest BCUT2D eigenvalue weighted by molar-refractivity contribution is 7.98. The van der Waals surface area contributed by atoms with E-state index in [4.69, 9.17) is 30.2 Å². The Bertz CT molecular complexity index is 1040. The number of nitrogens with one attached hydrogen (secondary N) is 1. The second kappa shape index (κ2) is 10.8. The van der Waals surface area contributed by atoms with Crippen molar-refractivity contribution >= 4 is 35.5 Å². The molecule has 9 heteroatoms. The molecule has 7 nitrogen and oxygen atoms in total. The zero-order valence-electron chi connectivity index (χ0n) is 17.2. The molecule has 0 saturated carbocycles. The molecule has 0 saturated heterocycles. The maximum absolute atomic E-state index is 12.3. The number of carbonyl (C=O) groups is 1. The first-order chi connectivity index (χ1) is 15.0. The van der Waals surface area contributed by atoms with E-state index in [0.717, 1.165) is 4.90 Å². The molecule has 1 aromatic heterocycles. The Balaban J connectivity index is 1.59. The van der Waals surface area contributed by atoms with Crippen LogP contribution in [0.3, 0.4) is 0 Å². The number of thioether (sulfide) groups is 1. The molecule has 0 bridgehead atoms. The molecule has 0 radical (unpaired) electrons. The van der Waals surface area contributed by atoms with Gasteiger partial charge in [-0.15, -0.1) is 11.8 Å². The fraction of sp³-hybridized carbons (Fsp3) is 0.182. The van der Waals surface area contributed by atoms with Gasteiger partial charge in [0.25, 0.3) is 0 Å². The van der Waals surface area contributed by atoms with Crippen LogP contribution in [0.15, 0.2) is 62.9 Å². The molecule has 0 spiro atoms. The lowest BCUT2D eigenvalue weighted by atomic mass is 10.2. The summed E-state index contributed by atoms with van der Waals surface area (Å²) < 4.78 is 21.5. The van der Waals surface area contributed by atoms with Crippen molar-refractivity contribution in [3.8, 4) is 17.2 Å². The Hall–Kier alpha value is -3.10. The fourth-order valence-corrected chi connectivity index (χ4v) is 3.58. The Morgan fingerprint density at radius 2 is 1.74 bits per heavy atom. The van der Waals surface area contributed by atoms with Gasteiger partial charge < -0.3 is 18.6 Å². The molecule has 1 N–H and O–H groups in total. The van der Waals surface area contributed by atoms with Crippen molar-refractivity contribution in [3.05, 3.63) is 70.6 Å². The number of methoxy groups -OCH3 is 3. The van der Waals surface area contributed by atoms with E-state index in [1.165, 1.54) is 27.5 Å². The Kier molecular flexibility index (Phi) is 7.86. The number of hydrazone groups is 1. The van der Waals surface area contributed by atoms with Gasteiger partial charge in [0.05, 0.1) is 33.3 Å². The predicted octanol–water partition coefficient (Wildman–Crippen LogP) is 5.02. The lowest BCUT2D eigenvalue weighted by Crippen LogP contribution is -2.16. The van der Waals surface area contributed by atoms with Gasteiger partial charge >= 0.3 is 5.91 Å². The zero-order valence-corrected chi connectivity index (χ0v) is 18.8. The van der Waals surface area contributed by atoms with Crippen LogP contribution in [-0.2, 0) is 5.75 Å². The smallest absolute Gasteiger partial charge is 0.307 e. The van der Waals surface area contributed by atoms with Crippen molar-refractivity contribution in [2.24, 2.45) is 5.10 Å². The first-order valence-corrected chi connectivity index (χ1v) is 10.5. The van der Waals surface area contributed by atoms with Crippen LogP contribution in [0.4, 0.5) is 0 Å². The molecule has 2 aromatic carbocycles. The number of amides is 1. The van der Waals surface area contributed by atoms with Crippen LogP contribution in [0.5, 0.6) is 17.2 Å². The molecule has 3 aromatic rings. The van der Waals surface area contributed by atoms with Crippen molar-refractivity contribution in [2.75, 3.05) is 21.3 Å². The van der Waals surface area contributed by atoms with E-state index < -0.39 is 5.91 Å². The van der Waals surface area contributed by atoms with Crippen LogP contribution in [0.1, 0.15) is 21.9 Å². The summed E-state index contributed by atoms with van der Waals surface area (Å²) in [5, 5.41) is 4.67. The molecule has 0 aliphatic heterocycles. The minimum Gasteiger partial charge on any atom is -0.493 e. The zero-order chi connectivity index (χ0) is 22.2. The molecular weight excluding hydrogens is 440 g/mol. The summed E-state index contributed by atoms with van der Waals surface area (Å²) in [5.41, 5.74) is 3.11. The summed E-state index contributed by atoms with van der Waals surface area (Å²) in [7, 11) is 4.58. The molecule has 162 valence electrons. The normalized spacial score (nSPS) is 10.8. The van der Waals surface area contributed by atoms with E-state index in [9.17, 15) is 4.79 Å². The largest absolute Gasteiger partial charge is 0.493 e. The van der Waals surface area contributed by atoms with Crippen molar-refractivity contribution in [3.63, 3.8) is 0 Å². The summed E-state index contributed by atoms with van der Waals surface area (Å²) >= 11 is 7.47. The number of rotatable bonds is 9. The number of hydrogen-bond donors (Lipinski definition) is 1. The average Bonchev–Trinajstić information content (AvgIpc) is 3.27. The topological polar surface area (TPSA) is 82.3 Å². The summed E-state index contributed by atoms with van der Waals surface area (Å²) in [6, 6.07) is 14.3. The number of nitrogens with zero attached hydrogens (tertiary/aromatic N) is 1. The minimum absolute atomic E-state index is 0.175. The molecule has 0 unspecified atom stereocenters. The van der Waals surface area contributed by atoms with Gasteiger partial charge in [0.15, 0.2) is 17.3 Å². The van der Waals surface area contributed by atoms with E-state index in [2.05, 4.69) is 10.5 Å². The molecular formula is C22H21ClN2O5S. The third-order valence-corrected chi connectivity index (χ3v) is 5.43. The van der Waals surface area contributed by atoms with Crippen molar-refractivity contribution in [1.29, 1.82) is 0 Å². The third kappa shape index (κ3) is 5.96. The second-order valence-corrected chi connectivity index (χ2v) is 7.65. The fourth-order valence-electron chi connectivity index (χ4n) is 2.66. The van der Waals surface area contributed by atoms with Gasteiger partial charge in [0, 0.05) is 15.5 Å². The summed E-state index contributed by atoms with van der Waals surface area (Å²) in [6.45, 7) is 0. The molecule has 0 aliphatic carbocycles. The lowest BCUT2D eigenvalue weighted by Gasteiger charge is -2.12. The maximum Gasteiger partial charge on any atom is 0.307 e. The van der Waals surface area contributed by atoms with Crippen LogP contribution >= 0.6 is 23.4 Å². The SMILES string of the molecule is COc1cc(/C=N\NC(=O)c2ccc(CSc3ccc(Cl)cc3)o2)cc(OC)c1OC. The first-order valence-electron chi connectivity index (χ1n) is 9.14. The minimum atomic E-state index is -0.452. The van der Waals surface area contributed by atoms with Crippen LogP contribution < -0.4 is 19.6 Å². The summed E-state index contributed by atoms with van der Waals surface area (Å²) in [4.78, 5) is 13.4. The maximum atomic E-state index is 12.3. The van der Waals surface area contributed by atoms with Crippen molar-refractivity contribution < 1.29 is 23.4 Å². The summed E-state index contributed by atoms with van der Waals surface area (Å²) in [5.74, 6) is 2.44. The number of benzene rings is 2. The Labute approximate surface area is 189 Å². The Morgan fingerprint density at radius 1 is 1.06 bits per heavy atom. The average molecular weight is 461 g/mol.